The molecule has 16 heavy (non-hydrogen) atoms. The molecule has 0 N–H and O–H groups in total. The lowest BCUT2D eigenvalue weighted by atomic mass is 10.3. The van der Waals surface area contributed by atoms with Crippen LogP contribution in [0.15, 0.2) is 46.9 Å². The molecule has 0 saturated carbocycles. The van der Waals surface area contributed by atoms with Crippen molar-refractivity contribution in [2.24, 2.45) is 24.3 Å². The van der Waals surface area contributed by atoms with Gasteiger partial charge in [0.25, 0.3) is 0 Å². The molecule has 0 bridgehead atoms. The molecule has 82 valence electrons. The lowest BCUT2D eigenvalue weighted by Crippen LogP contribution is -2.25. The molecule has 0 atom stereocenters. The van der Waals surface area contributed by atoms with Crippen LogP contribution in [0.3, 0.4) is 0 Å². The molecule has 1 heterocycles. The molecule has 0 unspecified atom stereocenters. The fraction of sp³-hybridized carbons (Fsp3) is 0.182. The minimum absolute atomic E-state index is 0.818. The van der Waals surface area contributed by atoms with Crippen molar-refractivity contribution in [3.8, 4) is 0 Å². The Morgan fingerprint density at radius 1 is 1.19 bits per heavy atom. The molecule has 4 nitrogen and oxygen atoms in total. The number of aromatic nitrogens is 2. The summed E-state index contributed by atoms with van der Waals surface area (Å²) in [5.74, 6) is 0.818. The number of nitrogens with zero attached hydrogens (tertiary/aromatic N) is 4. The van der Waals surface area contributed by atoms with Crippen LogP contribution in [0.5, 0.6) is 0 Å². The van der Waals surface area contributed by atoms with E-state index in [9.17, 15) is 0 Å². The van der Waals surface area contributed by atoms with Gasteiger partial charge in [-0.05, 0) is 46.9 Å². The summed E-state index contributed by atoms with van der Waals surface area (Å²) in [5, 5.41) is 8.41. The van der Waals surface area contributed by atoms with E-state index in [4.69, 9.17) is 0 Å². The smallest absolute Gasteiger partial charge is 0.233 e. The van der Waals surface area contributed by atoms with Crippen LogP contribution < -0.4 is 4.57 Å². The first-order valence-corrected chi connectivity index (χ1v) is 5.93. The summed E-state index contributed by atoms with van der Waals surface area (Å²) in [5.41, 5.74) is 0.863. The number of imidazole rings is 1. The third-order valence-corrected chi connectivity index (χ3v) is 2.95. The summed E-state index contributed by atoms with van der Waals surface area (Å²) in [6.07, 6.45) is 3.89. The maximum Gasteiger partial charge on any atom is 0.421 e. The number of benzene rings is 1. The van der Waals surface area contributed by atoms with Crippen molar-refractivity contribution in [1.82, 2.24) is 4.57 Å². The van der Waals surface area contributed by atoms with Crippen LogP contribution in [0.2, 0.25) is 0 Å². The normalized spacial score (nSPS) is 11.2. The first-order valence-electron chi connectivity index (χ1n) is 4.85. The molecule has 5 heteroatoms. The molecule has 1 aromatic heterocycles. The Balaban J connectivity index is 2.24. The number of hydrogen-bond donors (Lipinski definition) is 0. The average molecular weight is 327 g/mol. The van der Waals surface area contributed by atoms with Crippen molar-refractivity contribution in [3.63, 3.8) is 0 Å². The number of halogens is 1. The second kappa shape index (κ2) is 4.73. The zero-order chi connectivity index (χ0) is 11.5. The Hall–Kier alpha value is -1.24. The Bertz CT molecular complexity index is 494. The summed E-state index contributed by atoms with van der Waals surface area (Å²) < 4.78 is 5.05. The van der Waals surface area contributed by atoms with E-state index >= 15 is 0 Å². The van der Waals surface area contributed by atoms with Crippen LogP contribution in [0.25, 0.3) is 0 Å². The topological polar surface area (TPSA) is 33.5 Å². The fourth-order valence-electron chi connectivity index (χ4n) is 1.33. The third-order valence-electron chi connectivity index (χ3n) is 2.23. The zero-order valence-corrected chi connectivity index (χ0v) is 11.3. The van der Waals surface area contributed by atoms with Gasteiger partial charge in [0.05, 0.1) is 26.5 Å². The monoisotopic (exact) mass is 327 g/mol. The molecule has 1 aromatic carbocycles. The van der Waals surface area contributed by atoms with Crippen LogP contribution in [-0.2, 0) is 14.1 Å². The van der Waals surface area contributed by atoms with Crippen LogP contribution >= 0.6 is 22.6 Å². The van der Waals surface area contributed by atoms with Crippen molar-refractivity contribution in [2.75, 3.05) is 0 Å². The Labute approximate surface area is 108 Å². The Morgan fingerprint density at radius 2 is 1.88 bits per heavy atom. The van der Waals surface area contributed by atoms with Gasteiger partial charge in [-0.1, -0.05) is 5.11 Å². The first kappa shape index (κ1) is 11.3. The van der Waals surface area contributed by atoms with Gasteiger partial charge in [-0.3, -0.25) is 0 Å². The highest BCUT2D eigenvalue weighted by atomic mass is 127. The van der Waals surface area contributed by atoms with E-state index in [1.54, 1.807) is 0 Å². The van der Waals surface area contributed by atoms with Crippen molar-refractivity contribution >= 4 is 34.2 Å². The highest BCUT2D eigenvalue weighted by Crippen LogP contribution is 2.16. The van der Waals surface area contributed by atoms with Gasteiger partial charge >= 0.3 is 5.95 Å². The van der Waals surface area contributed by atoms with Crippen LogP contribution in [0.4, 0.5) is 11.6 Å². The molecule has 0 aliphatic heterocycles. The molecule has 0 aliphatic carbocycles. The maximum absolute atomic E-state index is 4.21. The molecule has 2 rings (SSSR count). The molecule has 0 fully saturated rings. The minimum Gasteiger partial charge on any atom is -0.233 e. The van der Waals surface area contributed by atoms with Gasteiger partial charge in [-0.2, -0.15) is 0 Å². The highest BCUT2D eigenvalue weighted by molar-refractivity contribution is 14.1. The van der Waals surface area contributed by atoms with E-state index in [0.29, 0.717) is 0 Å². The fourth-order valence-corrected chi connectivity index (χ4v) is 1.69. The number of hydrogen-bond acceptors (Lipinski definition) is 2. The van der Waals surface area contributed by atoms with Gasteiger partial charge in [0.15, 0.2) is 0 Å². The Kier molecular flexibility index (Phi) is 3.33. The van der Waals surface area contributed by atoms with Gasteiger partial charge in [0.2, 0.25) is 0 Å². The van der Waals surface area contributed by atoms with Gasteiger partial charge in [0, 0.05) is 8.68 Å². The molecule has 0 aliphatic rings. The van der Waals surface area contributed by atoms with Crippen molar-refractivity contribution < 1.29 is 4.57 Å². The zero-order valence-electron chi connectivity index (χ0n) is 9.13. The van der Waals surface area contributed by atoms with Crippen LogP contribution in [0, 0.1) is 3.57 Å². The van der Waals surface area contributed by atoms with Crippen LogP contribution in [-0.4, -0.2) is 4.57 Å². The van der Waals surface area contributed by atoms with Gasteiger partial charge in [-0.15, -0.1) is 0 Å². The van der Waals surface area contributed by atoms with E-state index < -0.39 is 0 Å². The lowest BCUT2D eigenvalue weighted by Gasteiger charge is -1.90. The number of rotatable bonds is 2. The number of azo groups is 1. The molecular formula is C11H12IN4+. The minimum atomic E-state index is 0.818. The van der Waals surface area contributed by atoms with Crippen molar-refractivity contribution in [2.45, 2.75) is 0 Å². The average Bonchev–Trinajstić information content (AvgIpc) is 2.59. The van der Waals surface area contributed by atoms with Crippen LogP contribution in [0.1, 0.15) is 0 Å². The molecule has 2 aromatic rings. The quantitative estimate of drug-likeness (QED) is 0.462. The Morgan fingerprint density at radius 3 is 2.44 bits per heavy atom. The summed E-state index contributed by atoms with van der Waals surface area (Å²) in [6, 6.07) is 7.93. The van der Waals surface area contributed by atoms with Crippen molar-refractivity contribution in [3.05, 3.63) is 40.2 Å². The molecule has 0 amide bonds. The second-order valence-corrected chi connectivity index (χ2v) is 4.74. The second-order valence-electron chi connectivity index (χ2n) is 3.50. The van der Waals surface area contributed by atoms with E-state index in [1.807, 2.05) is 59.9 Å². The molecule has 0 radical (unpaired) electrons. The molecular weight excluding hydrogens is 315 g/mol. The highest BCUT2D eigenvalue weighted by Gasteiger charge is 2.09. The lowest BCUT2D eigenvalue weighted by molar-refractivity contribution is -0.657. The largest absolute Gasteiger partial charge is 0.421 e. The predicted octanol–water partition coefficient (Wildman–Crippen LogP) is 2.87. The maximum atomic E-state index is 4.21. The summed E-state index contributed by atoms with van der Waals surface area (Å²) in [4.78, 5) is 0. The predicted molar refractivity (Wildman–Crippen MR) is 69.9 cm³/mol. The number of aryl methyl sites for hydroxylation is 2. The standard InChI is InChI=1S/C11H12IN4/c1-15-7-8-16(2)11(15)14-13-10-5-3-9(12)4-6-10/h3-8H,1-2H3/q+1. The molecule has 0 spiro atoms. The van der Waals surface area contributed by atoms with E-state index in [1.165, 1.54) is 3.57 Å². The van der Waals surface area contributed by atoms with Gasteiger partial charge in [-0.25, -0.2) is 9.13 Å². The third kappa shape index (κ3) is 2.46. The summed E-state index contributed by atoms with van der Waals surface area (Å²) in [7, 11) is 3.89. The first-order chi connectivity index (χ1) is 7.66. The van der Waals surface area contributed by atoms with E-state index in [-0.39, 0.29) is 0 Å². The van der Waals surface area contributed by atoms with Crippen molar-refractivity contribution in [1.29, 1.82) is 0 Å². The van der Waals surface area contributed by atoms with Gasteiger partial charge < -0.3 is 0 Å². The van der Waals surface area contributed by atoms with E-state index in [2.05, 4.69) is 32.8 Å². The van der Waals surface area contributed by atoms with E-state index in [0.717, 1.165) is 11.6 Å². The SMILES string of the molecule is Cn1cc[n+](C)c1N=Nc1ccc(I)cc1. The summed E-state index contributed by atoms with van der Waals surface area (Å²) in [6.45, 7) is 0. The molecule has 0 saturated heterocycles. The summed E-state index contributed by atoms with van der Waals surface area (Å²) >= 11 is 2.27. The van der Waals surface area contributed by atoms with Gasteiger partial charge in [0.1, 0.15) is 5.69 Å².